The van der Waals surface area contributed by atoms with Gasteiger partial charge in [0, 0.05) is 6.20 Å². The van der Waals surface area contributed by atoms with Crippen molar-refractivity contribution in [1.29, 1.82) is 0 Å². The zero-order valence-electron chi connectivity index (χ0n) is 14.2. The number of ether oxygens (including phenoxy) is 1. The van der Waals surface area contributed by atoms with Gasteiger partial charge in [-0.1, -0.05) is 12.1 Å². The summed E-state index contributed by atoms with van der Waals surface area (Å²) in [5.74, 6) is -0.993. The summed E-state index contributed by atoms with van der Waals surface area (Å²) in [7, 11) is 1.44. The van der Waals surface area contributed by atoms with Crippen LogP contribution in [0.4, 0.5) is 8.78 Å². The summed E-state index contributed by atoms with van der Waals surface area (Å²) >= 11 is 0. The van der Waals surface area contributed by atoms with Gasteiger partial charge in [0.05, 0.1) is 24.4 Å². The minimum absolute atomic E-state index is 0.136. The molecule has 1 heterocycles. The fourth-order valence-corrected chi connectivity index (χ4v) is 2.67. The molecule has 5 nitrogen and oxygen atoms in total. The minimum Gasteiger partial charge on any atom is -0.496 e. The van der Waals surface area contributed by atoms with Gasteiger partial charge in [-0.15, -0.1) is 0 Å². The van der Waals surface area contributed by atoms with Gasteiger partial charge >= 0.3 is 0 Å². The van der Waals surface area contributed by atoms with E-state index >= 15 is 0 Å². The lowest BCUT2D eigenvalue weighted by Gasteiger charge is -2.17. The number of aromatic nitrogens is 2. The highest BCUT2D eigenvalue weighted by atomic mass is 19.1. The van der Waals surface area contributed by atoms with Crippen molar-refractivity contribution in [3.8, 4) is 11.4 Å². The van der Waals surface area contributed by atoms with E-state index in [2.05, 4.69) is 10.4 Å². The van der Waals surface area contributed by atoms with Crippen molar-refractivity contribution < 1.29 is 18.3 Å². The van der Waals surface area contributed by atoms with E-state index in [1.165, 1.54) is 42.1 Å². The molecule has 0 fully saturated rings. The molecule has 0 radical (unpaired) electrons. The standard InChI is InChI=1S/C19H17F2N3O2/c1-12(18-15(21)7-4-8-17(18)26-2)22-19(25)16-9-10-24(23-16)14-6-3-5-13(20)11-14/h3-12H,1-2H3,(H,22,25). The molecule has 7 heteroatoms. The molecule has 0 saturated heterocycles. The van der Waals surface area contributed by atoms with Crippen LogP contribution in [0.2, 0.25) is 0 Å². The van der Waals surface area contributed by atoms with E-state index in [-0.39, 0.29) is 11.3 Å². The van der Waals surface area contributed by atoms with Crippen molar-refractivity contribution in [3.63, 3.8) is 0 Å². The lowest BCUT2D eigenvalue weighted by molar-refractivity contribution is 0.0933. The number of hydrogen-bond acceptors (Lipinski definition) is 3. The van der Waals surface area contributed by atoms with E-state index in [9.17, 15) is 13.6 Å². The lowest BCUT2D eigenvalue weighted by atomic mass is 10.1. The molecule has 1 unspecified atom stereocenters. The molecule has 134 valence electrons. The Kier molecular flexibility index (Phi) is 4.97. The molecule has 0 aliphatic heterocycles. The van der Waals surface area contributed by atoms with Crippen LogP contribution in [0.25, 0.3) is 5.69 Å². The van der Waals surface area contributed by atoms with Crippen LogP contribution in [0.5, 0.6) is 5.75 Å². The summed E-state index contributed by atoms with van der Waals surface area (Å²) < 4.78 is 34.0. The Morgan fingerprint density at radius 3 is 2.69 bits per heavy atom. The predicted octanol–water partition coefficient (Wildman–Crippen LogP) is 3.65. The first-order valence-electron chi connectivity index (χ1n) is 7.94. The first kappa shape index (κ1) is 17.6. The molecule has 1 atom stereocenters. The van der Waals surface area contributed by atoms with Crippen LogP contribution < -0.4 is 10.1 Å². The largest absolute Gasteiger partial charge is 0.496 e. The average molecular weight is 357 g/mol. The summed E-state index contributed by atoms with van der Waals surface area (Å²) in [5.41, 5.74) is 0.886. The number of rotatable bonds is 5. The Labute approximate surface area is 149 Å². The maximum Gasteiger partial charge on any atom is 0.272 e. The molecule has 2 aromatic carbocycles. The van der Waals surface area contributed by atoms with Crippen LogP contribution in [0.3, 0.4) is 0 Å². The summed E-state index contributed by atoms with van der Waals surface area (Å²) in [6.45, 7) is 1.66. The molecular formula is C19H17F2N3O2. The van der Waals surface area contributed by atoms with Crippen molar-refractivity contribution >= 4 is 5.91 Å². The molecule has 0 aliphatic carbocycles. The summed E-state index contributed by atoms with van der Waals surface area (Å²) in [6, 6.07) is 11.2. The normalized spacial score (nSPS) is 11.8. The number of nitrogens with one attached hydrogen (secondary N) is 1. The molecule has 0 saturated carbocycles. The monoisotopic (exact) mass is 357 g/mol. The van der Waals surface area contributed by atoms with Crippen LogP contribution in [0.15, 0.2) is 54.7 Å². The second-order valence-electron chi connectivity index (χ2n) is 5.68. The average Bonchev–Trinajstić information content (AvgIpc) is 3.11. The number of carbonyl (C=O) groups excluding carboxylic acids is 1. The molecular weight excluding hydrogens is 340 g/mol. The predicted molar refractivity (Wildman–Crippen MR) is 92.4 cm³/mol. The van der Waals surface area contributed by atoms with Gasteiger partial charge in [-0.2, -0.15) is 5.10 Å². The summed E-state index contributed by atoms with van der Waals surface area (Å²) in [4.78, 5) is 12.4. The van der Waals surface area contributed by atoms with E-state index in [4.69, 9.17) is 4.74 Å². The van der Waals surface area contributed by atoms with E-state index in [0.29, 0.717) is 11.4 Å². The third-order valence-corrected chi connectivity index (χ3v) is 3.91. The van der Waals surface area contributed by atoms with Crippen molar-refractivity contribution in [2.45, 2.75) is 13.0 Å². The van der Waals surface area contributed by atoms with Crippen molar-refractivity contribution in [3.05, 3.63) is 77.6 Å². The Morgan fingerprint density at radius 1 is 1.19 bits per heavy atom. The number of nitrogens with zero attached hydrogens (tertiary/aromatic N) is 2. The molecule has 0 bridgehead atoms. The lowest BCUT2D eigenvalue weighted by Crippen LogP contribution is -2.28. The molecule has 3 rings (SSSR count). The zero-order valence-corrected chi connectivity index (χ0v) is 14.2. The van der Waals surface area contributed by atoms with Crippen LogP contribution in [-0.2, 0) is 0 Å². The number of methoxy groups -OCH3 is 1. The van der Waals surface area contributed by atoms with E-state index in [1.54, 1.807) is 31.3 Å². The van der Waals surface area contributed by atoms with E-state index < -0.39 is 23.6 Å². The highest BCUT2D eigenvalue weighted by Gasteiger charge is 2.20. The van der Waals surface area contributed by atoms with Gasteiger partial charge in [0.15, 0.2) is 5.69 Å². The van der Waals surface area contributed by atoms with Crippen molar-refractivity contribution in [1.82, 2.24) is 15.1 Å². The quantitative estimate of drug-likeness (QED) is 0.758. The SMILES string of the molecule is COc1cccc(F)c1C(C)NC(=O)c1ccn(-c2cccc(F)c2)n1. The Hall–Kier alpha value is -3.22. The summed E-state index contributed by atoms with van der Waals surface area (Å²) in [6.07, 6.45) is 1.55. The van der Waals surface area contributed by atoms with Crippen LogP contribution in [0.1, 0.15) is 29.0 Å². The van der Waals surface area contributed by atoms with Crippen LogP contribution in [0, 0.1) is 11.6 Å². The zero-order chi connectivity index (χ0) is 18.7. The van der Waals surface area contributed by atoms with Crippen molar-refractivity contribution in [2.24, 2.45) is 0 Å². The maximum atomic E-state index is 14.1. The molecule has 1 amide bonds. The number of hydrogen-bond donors (Lipinski definition) is 1. The third kappa shape index (κ3) is 3.56. The molecule has 0 aliphatic rings. The van der Waals surface area contributed by atoms with E-state index in [0.717, 1.165) is 0 Å². The first-order valence-corrected chi connectivity index (χ1v) is 7.94. The Bertz CT molecular complexity index is 940. The smallest absolute Gasteiger partial charge is 0.272 e. The Balaban J connectivity index is 1.79. The molecule has 1 aromatic heterocycles. The highest BCUT2D eigenvalue weighted by molar-refractivity contribution is 5.92. The van der Waals surface area contributed by atoms with Gasteiger partial charge in [-0.25, -0.2) is 13.5 Å². The first-order chi connectivity index (χ1) is 12.5. The number of carbonyl (C=O) groups is 1. The van der Waals surface area contributed by atoms with Gasteiger partial charge in [0.25, 0.3) is 5.91 Å². The molecule has 1 N–H and O–H groups in total. The van der Waals surface area contributed by atoms with Gasteiger partial charge in [-0.05, 0) is 43.3 Å². The van der Waals surface area contributed by atoms with Gasteiger partial charge in [0.2, 0.25) is 0 Å². The van der Waals surface area contributed by atoms with Gasteiger partial charge in [-0.3, -0.25) is 4.79 Å². The highest BCUT2D eigenvalue weighted by Crippen LogP contribution is 2.27. The second-order valence-corrected chi connectivity index (χ2v) is 5.68. The Morgan fingerprint density at radius 2 is 1.96 bits per heavy atom. The number of amides is 1. The van der Waals surface area contributed by atoms with E-state index in [1.807, 2.05) is 0 Å². The van der Waals surface area contributed by atoms with Crippen LogP contribution >= 0.6 is 0 Å². The summed E-state index contributed by atoms with van der Waals surface area (Å²) in [5, 5.41) is 6.84. The topological polar surface area (TPSA) is 56.1 Å². The minimum atomic E-state index is -0.627. The van der Waals surface area contributed by atoms with Gasteiger partial charge < -0.3 is 10.1 Å². The third-order valence-electron chi connectivity index (χ3n) is 3.91. The molecule has 26 heavy (non-hydrogen) atoms. The fourth-order valence-electron chi connectivity index (χ4n) is 2.67. The van der Waals surface area contributed by atoms with Crippen molar-refractivity contribution in [2.75, 3.05) is 7.11 Å². The molecule has 0 spiro atoms. The van der Waals surface area contributed by atoms with Gasteiger partial charge in [0.1, 0.15) is 17.4 Å². The maximum absolute atomic E-state index is 14.1. The molecule has 3 aromatic rings. The second kappa shape index (κ2) is 7.35. The number of halogens is 2. The fraction of sp³-hybridized carbons (Fsp3) is 0.158. The van der Waals surface area contributed by atoms with Crippen LogP contribution in [-0.4, -0.2) is 22.8 Å². The number of benzene rings is 2.